The van der Waals surface area contributed by atoms with Gasteiger partial charge in [0, 0.05) is 42.9 Å². The number of H-pyrrole nitrogens is 1. The molecule has 0 spiro atoms. The van der Waals surface area contributed by atoms with Crippen LogP contribution in [0.4, 0.5) is 0 Å². The van der Waals surface area contributed by atoms with Crippen LogP contribution in [0.25, 0.3) is 10.9 Å². The molecule has 0 unspecified atom stereocenters. The molecule has 474 valence electrons. The molecule has 17 N–H and O–H groups in total. The number of carbonyl (C=O) groups excluding carboxylic acids is 13. The fourth-order valence-corrected chi connectivity index (χ4v) is 10.2. The highest BCUT2D eigenvalue weighted by molar-refractivity contribution is 6.01. The van der Waals surface area contributed by atoms with Gasteiger partial charge in [0.05, 0.1) is 37.2 Å². The Bertz CT molecular complexity index is 3020. The van der Waals surface area contributed by atoms with Crippen molar-refractivity contribution in [1.29, 1.82) is 0 Å². The van der Waals surface area contributed by atoms with Gasteiger partial charge in [0.15, 0.2) is 0 Å². The van der Waals surface area contributed by atoms with E-state index in [9.17, 15) is 62.6 Å². The van der Waals surface area contributed by atoms with Crippen LogP contribution in [-0.2, 0) is 79.9 Å². The van der Waals surface area contributed by atoms with Crippen molar-refractivity contribution in [3.05, 3.63) is 71.9 Å². The third-order valence-electron chi connectivity index (χ3n) is 14.3. The summed E-state index contributed by atoms with van der Waals surface area (Å²) in [4.78, 5) is 180. The first-order valence-electron chi connectivity index (χ1n) is 28.7. The van der Waals surface area contributed by atoms with Crippen LogP contribution in [0.15, 0.2) is 60.8 Å². The van der Waals surface area contributed by atoms with Crippen molar-refractivity contribution in [1.82, 2.24) is 57.7 Å². The number of hydrogen-bond donors (Lipinski definition) is 14. The zero-order chi connectivity index (χ0) is 64.4. The Kier molecular flexibility index (Phi) is 24.8. The lowest BCUT2D eigenvalue weighted by molar-refractivity contribution is -0.149. The lowest BCUT2D eigenvalue weighted by atomic mass is 10.0. The number of nitrogens with one attached hydrogen (secondary N) is 10. The van der Waals surface area contributed by atoms with Crippen molar-refractivity contribution >= 4 is 87.7 Å². The van der Waals surface area contributed by atoms with Gasteiger partial charge in [-0.05, 0) is 83.4 Å². The van der Waals surface area contributed by atoms with Crippen molar-refractivity contribution in [3.8, 4) is 0 Å². The molecule has 5 rings (SSSR count). The predicted octanol–water partition coefficient (Wildman–Crippen LogP) is -3.40. The molecule has 0 aliphatic carbocycles. The average Bonchev–Trinajstić information content (AvgIpc) is 2.29. The largest absolute Gasteiger partial charge is 0.391 e. The van der Waals surface area contributed by atoms with E-state index < -0.39 is 162 Å². The van der Waals surface area contributed by atoms with E-state index >= 15 is 4.79 Å². The number of nitrogens with two attached hydrogens (primary N) is 3. The fourth-order valence-electron chi connectivity index (χ4n) is 10.2. The summed E-state index contributed by atoms with van der Waals surface area (Å²) in [5.41, 5.74) is 17.3. The number of ether oxygens (including phenoxy) is 1. The van der Waals surface area contributed by atoms with Crippen LogP contribution in [-0.4, -0.2) is 177 Å². The first-order chi connectivity index (χ1) is 40.9. The molecule has 2 aliphatic rings. The van der Waals surface area contributed by atoms with E-state index in [1.165, 1.54) is 13.8 Å². The van der Waals surface area contributed by atoms with Crippen LogP contribution >= 0.6 is 0 Å². The van der Waals surface area contributed by atoms with Crippen LogP contribution in [0.3, 0.4) is 0 Å². The number of primary amides is 3. The van der Waals surface area contributed by atoms with Crippen molar-refractivity contribution in [3.63, 3.8) is 0 Å². The van der Waals surface area contributed by atoms with Crippen LogP contribution in [0.5, 0.6) is 0 Å². The minimum Gasteiger partial charge on any atom is -0.391 e. The summed E-state index contributed by atoms with van der Waals surface area (Å²) in [6, 6.07) is 2.45. The number of amides is 13. The molecule has 29 heteroatoms. The smallest absolute Gasteiger partial charge is 0.248 e. The summed E-state index contributed by atoms with van der Waals surface area (Å²) >= 11 is 0. The number of aromatic amines is 1. The number of rotatable bonds is 31. The third-order valence-corrected chi connectivity index (χ3v) is 14.3. The number of para-hydroxylation sites is 1. The summed E-state index contributed by atoms with van der Waals surface area (Å²) < 4.78 is 6.23. The fraction of sp³-hybridized carbons (Fsp3) is 0.534. The van der Waals surface area contributed by atoms with Gasteiger partial charge in [-0.15, -0.1) is 0 Å². The summed E-state index contributed by atoms with van der Waals surface area (Å²) in [6.45, 7) is 10.6. The summed E-state index contributed by atoms with van der Waals surface area (Å²) in [5.74, 6) is -11.7. The van der Waals surface area contributed by atoms with Crippen LogP contribution < -0.4 is 65.1 Å². The van der Waals surface area contributed by atoms with E-state index in [2.05, 4.69) is 52.8 Å². The molecule has 0 bridgehead atoms. The Morgan fingerprint density at radius 3 is 1.80 bits per heavy atom. The summed E-state index contributed by atoms with van der Waals surface area (Å²) in [5, 5.41) is 33.3. The number of aliphatic hydroxyl groups excluding tert-OH is 1. The maximum Gasteiger partial charge on any atom is 0.248 e. The molecule has 0 radical (unpaired) electrons. The molecule has 0 saturated carbocycles. The minimum absolute atomic E-state index is 0.0233. The van der Waals surface area contributed by atoms with Crippen LogP contribution in [0.2, 0.25) is 0 Å². The zero-order valence-electron chi connectivity index (χ0n) is 49.8. The van der Waals surface area contributed by atoms with E-state index in [4.69, 9.17) is 21.9 Å². The number of hydrogen-bond acceptors (Lipinski definition) is 15. The summed E-state index contributed by atoms with van der Waals surface area (Å²) in [7, 11) is 0. The molecule has 1 aromatic heterocycles. The highest BCUT2D eigenvalue weighted by Gasteiger charge is 2.43. The molecule has 3 aromatic rings. The second-order valence-corrected chi connectivity index (χ2v) is 23.2. The second kappa shape index (κ2) is 31.4. The second-order valence-electron chi connectivity index (χ2n) is 23.2. The van der Waals surface area contributed by atoms with Crippen molar-refractivity contribution in [2.45, 2.75) is 178 Å². The number of likely N-dealkylation sites (tertiary alicyclic amines) is 1. The molecule has 2 aromatic carbocycles. The van der Waals surface area contributed by atoms with Gasteiger partial charge in [-0.1, -0.05) is 62.4 Å². The number of aromatic nitrogens is 1. The molecular weight excluding hydrogens is 1130 g/mol. The number of nitrogens with zero attached hydrogens (tertiary/aromatic N) is 1. The van der Waals surface area contributed by atoms with Gasteiger partial charge in [-0.25, -0.2) is 0 Å². The molecule has 2 aliphatic heterocycles. The molecule has 87 heavy (non-hydrogen) atoms. The Morgan fingerprint density at radius 1 is 0.667 bits per heavy atom. The minimum atomic E-state index is -1.75. The molecular formula is C58H82N14O15. The molecule has 2 fully saturated rings. The molecule has 29 nitrogen and oxygen atoms in total. The summed E-state index contributed by atoms with van der Waals surface area (Å²) in [6.07, 6.45) is -2.21. The topological polar surface area (TPSA) is 457 Å². The van der Waals surface area contributed by atoms with Gasteiger partial charge in [0.1, 0.15) is 54.4 Å². The molecule has 11 atom stereocenters. The molecule has 3 heterocycles. The lowest BCUT2D eigenvalue weighted by Crippen LogP contribution is -2.63. The van der Waals surface area contributed by atoms with E-state index in [1.807, 2.05) is 0 Å². The number of fused-ring (bicyclic) bond motifs is 1. The van der Waals surface area contributed by atoms with Crippen LogP contribution in [0.1, 0.15) is 105 Å². The lowest BCUT2D eigenvalue weighted by Gasteiger charge is -2.35. The zero-order valence-corrected chi connectivity index (χ0v) is 49.8. The number of benzene rings is 2. The van der Waals surface area contributed by atoms with Crippen LogP contribution in [0, 0.1) is 5.92 Å². The molecule has 2 saturated heterocycles. The van der Waals surface area contributed by atoms with E-state index in [-0.39, 0.29) is 63.3 Å². The first-order valence-corrected chi connectivity index (χ1v) is 28.7. The van der Waals surface area contributed by atoms with Gasteiger partial charge in [-0.2, -0.15) is 0 Å². The quantitative estimate of drug-likeness (QED) is 0.0299. The average molecular weight is 1220 g/mol. The maximum absolute atomic E-state index is 15.0. The third kappa shape index (κ3) is 20.9. The van der Waals surface area contributed by atoms with Gasteiger partial charge in [0.2, 0.25) is 76.8 Å². The van der Waals surface area contributed by atoms with Gasteiger partial charge in [0.25, 0.3) is 0 Å². The van der Waals surface area contributed by atoms with E-state index in [0.717, 1.165) is 4.90 Å². The highest BCUT2D eigenvalue weighted by Crippen LogP contribution is 2.24. The van der Waals surface area contributed by atoms with Gasteiger partial charge >= 0.3 is 0 Å². The maximum atomic E-state index is 15.0. The highest BCUT2D eigenvalue weighted by atomic mass is 16.5. The van der Waals surface area contributed by atoms with Gasteiger partial charge < -0.3 is 84.8 Å². The normalized spacial score (nSPS) is 18.0. The van der Waals surface area contributed by atoms with E-state index in [0.29, 0.717) is 22.0 Å². The van der Waals surface area contributed by atoms with Crippen molar-refractivity contribution in [2.75, 3.05) is 13.1 Å². The number of carbonyl (C=O) groups is 13. The van der Waals surface area contributed by atoms with E-state index in [1.54, 1.807) is 95.4 Å². The SMILES string of the molecule is CC(C)C[C@H](NC(=O)[C@@H]1CCC(=O)N1)C(=O)N[C@@H](CC(N)=O)C(=O)N[C@@H](Cc1ccccc1)C(=O)N[C@H](C(=O)N1CCC[C@H]1C(=O)N[C@@H](CC(N)=O)C(=O)N[C@@H](Cc1c[nH]c2ccccc12)C(=O)NCC(=O)N[C@H](C(N)=O)[C@@H](C)O)[C@@H](C)OC(C)(C)C. The van der Waals surface area contributed by atoms with Crippen molar-refractivity contribution in [2.24, 2.45) is 23.1 Å². The Balaban J connectivity index is 1.39. The van der Waals surface area contributed by atoms with Crippen molar-refractivity contribution < 1.29 is 72.2 Å². The Morgan fingerprint density at radius 2 is 1.23 bits per heavy atom. The van der Waals surface area contributed by atoms with Gasteiger partial charge in [-0.3, -0.25) is 62.3 Å². The monoisotopic (exact) mass is 1210 g/mol. The first kappa shape index (κ1) is 68.8. The molecule has 13 amide bonds. The Hall–Kier alpha value is -8.99. The Labute approximate surface area is 502 Å². The predicted molar refractivity (Wildman–Crippen MR) is 313 cm³/mol. The number of aliphatic hydroxyl groups is 1. The standard InChI is InChI=1S/C58H82N14O15/c1-29(2)22-37(65-51(80)36-19-20-45(76)64-36)52(81)68-40(25-43(59)74)53(82)66-38(23-32-14-9-8-10-15-32)55(84)71-48(31(4)87-58(5,6)7)57(86)72-21-13-18-42(72)56(85)69-41(26-44(60)75)54(83)67-39(24-33-27-62-35-17-12-11-16-34(33)35)50(79)63-28-46(77)70-47(30(3)73)49(61)78/h8-12,14-17,27,29-31,36-42,47-48,62,73H,13,18-26,28H2,1-7H3,(H2,59,74)(H2,60,75)(H2,61,78)(H,63,79)(H,64,76)(H,65,80)(H,66,82)(H,67,83)(H,68,81)(H,69,85)(H,70,77)(H,71,84)/t30-,31-,36+,37+,38+,39+,40+,41+,42+,47+,48+/m1/s1.